The van der Waals surface area contributed by atoms with Crippen LogP contribution in [0.5, 0.6) is 5.75 Å². The van der Waals surface area contributed by atoms with E-state index in [0.29, 0.717) is 11.7 Å². The molecule has 106 valence electrons. The molecule has 1 unspecified atom stereocenters. The second-order valence-corrected chi connectivity index (χ2v) is 4.84. The molecule has 2 atom stereocenters. The largest absolute Gasteiger partial charge is 0.490 e. The molecule has 1 saturated heterocycles. The lowest BCUT2D eigenvalue weighted by atomic mass is 9.99. The second kappa shape index (κ2) is 5.82. The average Bonchev–Trinajstić information content (AvgIpc) is 2.89. The van der Waals surface area contributed by atoms with Crippen LogP contribution in [0.1, 0.15) is 25.3 Å². The number of hydrogen-bond acceptors (Lipinski definition) is 2. The van der Waals surface area contributed by atoms with Gasteiger partial charge in [-0.2, -0.15) is 13.2 Å². The molecular formula is C14H18F3NO. The highest BCUT2D eigenvalue weighted by Crippen LogP contribution is 2.31. The summed E-state index contributed by atoms with van der Waals surface area (Å²) in [7, 11) is 0. The number of halogens is 3. The van der Waals surface area contributed by atoms with Crippen molar-refractivity contribution in [2.75, 3.05) is 13.1 Å². The van der Waals surface area contributed by atoms with Crippen LogP contribution in [0.3, 0.4) is 0 Å². The fraction of sp³-hybridized carbons (Fsp3) is 0.571. The fourth-order valence-electron chi connectivity index (χ4n) is 2.40. The molecule has 2 rings (SSSR count). The molecule has 0 spiro atoms. The highest BCUT2D eigenvalue weighted by molar-refractivity contribution is 5.29. The van der Waals surface area contributed by atoms with Crippen LogP contribution in [-0.4, -0.2) is 19.2 Å². The number of hydrogen-bond donors (Lipinski definition) is 1. The van der Waals surface area contributed by atoms with Crippen molar-refractivity contribution in [2.45, 2.75) is 32.0 Å². The molecule has 2 nitrogen and oxygen atoms in total. The van der Waals surface area contributed by atoms with Crippen LogP contribution in [-0.2, 0) is 6.18 Å². The lowest BCUT2D eigenvalue weighted by Crippen LogP contribution is -2.28. The van der Waals surface area contributed by atoms with Gasteiger partial charge in [-0.25, -0.2) is 0 Å². The Labute approximate surface area is 111 Å². The number of benzene rings is 1. The highest BCUT2D eigenvalue weighted by Gasteiger charge is 2.30. The standard InChI is InChI=1S/C14H18F3NO/c1-2-13(10-7-8-18-9-10)19-12-5-3-11(4-6-12)14(15,16)17/h3-6,10,13,18H,2,7-9H2,1H3/t10?,13-/m0/s1. The van der Waals surface area contributed by atoms with Crippen molar-refractivity contribution in [1.82, 2.24) is 5.32 Å². The van der Waals surface area contributed by atoms with Crippen LogP contribution in [0.15, 0.2) is 24.3 Å². The van der Waals surface area contributed by atoms with Crippen LogP contribution >= 0.6 is 0 Å². The highest BCUT2D eigenvalue weighted by atomic mass is 19.4. The number of nitrogens with one attached hydrogen (secondary N) is 1. The second-order valence-electron chi connectivity index (χ2n) is 4.84. The van der Waals surface area contributed by atoms with Gasteiger partial charge in [0.1, 0.15) is 11.9 Å². The van der Waals surface area contributed by atoms with Gasteiger partial charge in [-0.3, -0.25) is 0 Å². The molecule has 1 fully saturated rings. The van der Waals surface area contributed by atoms with E-state index >= 15 is 0 Å². The van der Waals surface area contributed by atoms with E-state index in [4.69, 9.17) is 4.74 Å². The number of alkyl halides is 3. The van der Waals surface area contributed by atoms with Crippen LogP contribution < -0.4 is 10.1 Å². The molecule has 0 aliphatic carbocycles. The Bertz CT molecular complexity index is 396. The Hall–Kier alpha value is -1.23. The van der Waals surface area contributed by atoms with Gasteiger partial charge in [0, 0.05) is 12.5 Å². The van der Waals surface area contributed by atoms with Gasteiger partial charge in [-0.1, -0.05) is 6.92 Å². The van der Waals surface area contributed by atoms with Crippen molar-refractivity contribution in [1.29, 1.82) is 0 Å². The quantitative estimate of drug-likeness (QED) is 0.907. The van der Waals surface area contributed by atoms with Crippen molar-refractivity contribution in [3.8, 4) is 5.75 Å². The van der Waals surface area contributed by atoms with Gasteiger partial charge in [-0.15, -0.1) is 0 Å². The minimum atomic E-state index is -4.29. The lowest BCUT2D eigenvalue weighted by Gasteiger charge is -2.23. The SMILES string of the molecule is CC[C@H](Oc1ccc(C(F)(F)F)cc1)C1CCNC1. The first-order chi connectivity index (χ1) is 9.00. The van der Waals surface area contributed by atoms with Gasteiger partial charge in [0.25, 0.3) is 0 Å². The molecule has 0 bridgehead atoms. The summed E-state index contributed by atoms with van der Waals surface area (Å²) in [6.45, 7) is 3.93. The Morgan fingerprint density at radius 2 is 2.00 bits per heavy atom. The average molecular weight is 273 g/mol. The summed E-state index contributed by atoms with van der Waals surface area (Å²) in [6.07, 6.45) is -2.32. The molecule has 5 heteroatoms. The minimum absolute atomic E-state index is 0.0618. The third kappa shape index (κ3) is 3.62. The van der Waals surface area contributed by atoms with E-state index in [2.05, 4.69) is 5.32 Å². The molecule has 0 amide bonds. The summed E-state index contributed by atoms with van der Waals surface area (Å²) < 4.78 is 43.1. The molecule has 0 aromatic heterocycles. The number of rotatable bonds is 4. The molecule has 1 aliphatic heterocycles. The third-order valence-corrected chi connectivity index (χ3v) is 3.50. The summed E-state index contributed by atoms with van der Waals surface area (Å²) in [5.41, 5.74) is -0.643. The van der Waals surface area contributed by atoms with Gasteiger partial charge < -0.3 is 10.1 Å². The van der Waals surface area contributed by atoms with Crippen molar-refractivity contribution in [2.24, 2.45) is 5.92 Å². The van der Waals surface area contributed by atoms with E-state index in [9.17, 15) is 13.2 Å². The van der Waals surface area contributed by atoms with E-state index in [1.807, 2.05) is 6.92 Å². The Morgan fingerprint density at radius 1 is 1.32 bits per heavy atom. The molecule has 1 N–H and O–H groups in total. The Balaban J connectivity index is 2.01. The molecule has 1 aliphatic rings. The summed E-state index contributed by atoms with van der Waals surface area (Å²) in [4.78, 5) is 0. The fourth-order valence-corrected chi connectivity index (χ4v) is 2.40. The maximum Gasteiger partial charge on any atom is 0.416 e. The molecule has 1 aromatic carbocycles. The van der Waals surface area contributed by atoms with Crippen molar-refractivity contribution in [3.05, 3.63) is 29.8 Å². The van der Waals surface area contributed by atoms with Crippen LogP contribution in [0.4, 0.5) is 13.2 Å². The zero-order chi connectivity index (χ0) is 13.9. The predicted molar refractivity (Wildman–Crippen MR) is 67.1 cm³/mol. The summed E-state index contributed by atoms with van der Waals surface area (Å²) in [6, 6.07) is 4.92. The molecule has 1 aromatic rings. The first kappa shape index (κ1) is 14.2. The monoisotopic (exact) mass is 273 g/mol. The summed E-state index contributed by atoms with van der Waals surface area (Å²) >= 11 is 0. The Morgan fingerprint density at radius 3 is 2.47 bits per heavy atom. The number of ether oxygens (including phenoxy) is 1. The Kier molecular flexibility index (Phi) is 4.34. The van der Waals surface area contributed by atoms with Gasteiger partial charge in [0.2, 0.25) is 0 Å². The molecular weight excluding hydrogens is 255 g/mol. The molecule has 0 saturated carbocycles. The van der Waals surface area contributed by atoms with Gasteiger partial charge >= 0.3 is 6.18 Å². The van der Waals surface area contributed by atoms with Gasteiger partial charge in [-0.05, 0) is 43.7 Å². The first-order valence-corrected chi connectivity index (χ1v) is 6.55. The van der Waals surface area contributed by atoms with E-state index in [0.717, 1.165) is 38.1 Å². The molecule has 19 heavy (non-hydrogen) atoms. The topological polar surface area (TPSA) is 21.3 Å². The summed E-state index contributed by atoms with van der Waals surface area (Å²) in [5.74, 6) is 0.944. The van der Waals surface area contributed by atoms with Crippen LogP contribution in [0.25, 0.3) is 0 Å². The van der Waals surface area contributed by atoms with Crippen molar-refractivity contribution >= 4 is 0 Å². The van der Waals surface area contributed by atoms with Crippen molar-refractivity contribution in [3.63, 3.8) is 0 Å². The van der Waals surface area contributed by atoms with E-state index in [1.54, 1.807) is 0 Å². The lowest BCUT2D eigenvalue weighted by molar-refractivity contribution is -0.137. The van der Waals surface area contributed by atoms with E-state index < -0.39 is 11.7 Å². The van der Waals surface area contributed by atoms with Crippen molar-refractivity contribution < 1.29 is 17.9 Å². The van der Waals surface area contributed by atoms with Gasteiger partial charge in [0.05, 0.1) is 5.56 Å². The van der Waals surface area contributed by atoms with Crippen LogP contribution in [0.2, 0.25) is 0 Å². The normalized spacial score (nSPS) is 21.4. The maximum atomic E-state index is 12.4. The molecule has 1 heterocycles. The van der Waals surface area contributed by atoms with E-state index in [-0.39, 0.29) is 6.10 Å². The minimum Gasteiger partial charge on any atom is -0.490 e. The first-order valence-electron chi connectivity index (χ1n) is 6.55. The predicted octanol–water partition coefficient (Wildman–Crippen LogP) is 3.47. The maximum absolute atomic E-state index is 12.4. The smallest absolute Gasteiger partial charge is 0.416 e. The zero-order valence-electron chi connectivity index (χ0n) is 10.8. The third-order valence-electron chi connectivity index (χ3n) is 3.50. The van der Waals surface area contributed by atoms with Crippen LogP contribution in [0, 0.1) is 5.92 Å². The van der Waals surface area contributed by atoms with E-state index in [1.165, 1.54) is 12.1 Å². The summed E-state index contributed by atoms with van der Waals surface area (Å²) in [5, 5.41) is 3.27. The zero-order valence-corrected chi connectivity index (χ0v) is 10.8. The molecule has 0 radical (unpaired) electrons. The van der Waals surface area contributed by atoms with Gasteiger partial charge in [0.15, 0.2) is 0 Å².